The summed E-state index contributed by atoms with van der Waals surface area (Å²) >= 11 is 1.60. The molecule has 0 saturated heterocycles. The van der Waals surface area contributed by atoms with E-state index in [0.29, 0.717) is 24.3 Å². The van der Waals surface area contributed by atoms with Gasteiger partial charge in [-0.1, -0.05) is 39.0 Å². The van der Waals surface area contributed by atoms with Crippen molar-refractivity contribution in [1.29, 1.82) is 0 Å². The zero-order chi connectivity index (χ0) is 24.0. The standard InChI is InChI=1S/C25H30N4O3S/c1-4-13-29(23(25(31)32)20-7-5-6-8-21(20)33-16(2)3)22(30)15-28-18-9-10-19-17(14-18)11-12-27-24(19)26/h5-12,14,16,23,28H,4,13,15H2,1-3H3,(H2,26,27)(H,31,32)/t23-/m0/s1. The van der Waals surface area contributed by atoms with Crippen LogP contribution in [0.3, 0.4) is 0 Å². The number of carboxylic acids is 1. The molecule has 0 fully saturated rings. The molecular weight excluding hydrogens is 436 g/mol. The summed E-state index contributed by atoms with van der Waals surface area (Å²) in [5.41, 5.74) is 7.30. The molecule has 2 aromatic carbocycles. The summed E-state index contributed by atoms with van der Waals surface area (Å²) in [6.07, 6.45) is 2.29. The van der Waals surface area contributed by atoms with Crippen LogP contribution in [0.2, 0.25) is 0 Å². The van der Waals surface area contributed by atoms with Crippen molar-refractivity contribution in [2.24, 2.45) is 0 Å². The van der Waals surface area contributed by atoms with Crippen molar-refractivity contribution in [3.8, 4) is 0 Å². The Hall–Kier alpha value is -3.26. The Kier molecular flexibility index (Phi) is 8.16. The molecule has 1 amide bonds. The number of aromatic nitrogens is 1. The van der Waals surface area contributed by atoms with Gasteiger partial charge in [-0.3, -0.25) is 4.79 Å². The lowest BCUT2D eigenvalue weighted by Crippen LogP contribution is -2.42. The lowest BCUT2D eigenvalue weighted by atomic mass is 10.0. The Bertz CT molecular complexity index is 1140. The molecular formula is C25H30N4O3S. The lowest BCUT2D eigenvalue weighted by molar-refractivity contribution is -0.150. The number of aliphatic carboxylic acids is 1. The number of carbonyl (C=O) groups is 2. The Morgan fingerprint density at radius 3 is 2.64 bits per heavy atom. The van der Waals surface area contributed by atoms with E-state index in [4.69, 9.17) is 5.73 Å². The maximum absolute atomic E-state index is 13.2. The van der Waals surface area contributed by atoms with Crippen molar-refractivity contribution in [1.82, 2.24) is 9.88 Å². The number of anilines is 2. The van der Waals surface area contributed by atoms with Crippen LogP contribution in [0.15, 0.2) is 59.6 Å². The number of benzene rings is 2. The zero-order valence-electron chi connectivity index (χ0n) is 19.1. The topological polar surface area (TPSA) is 109 Å². The van der Waals surface area contributed by atoms with Gasteiger partial charge in [-0.2, -0.15) is 0 Å². The summed E-state index contributed by atoms with van der Waals surface area (Å²) < 4.78 is 0. The van der Waals surface area contributed by atoms with E-state index >= 15 is 0 Å². The molecule has 1 atom stereocenters. The van der Waals surface area contributed by atoms with Gasteiger partial charge in [-0.25, -0.2) is 9.78 Å². The highest BCUT2D eigenvalue weighted by atomic mass is 32.2. The first kappa shape index (κ1) is 24.4. The second-order valence-corrected chi connectivity index (χ2v) is 9.64. The number of nitrogens with two attached hydrogens (primary N) is 1. The smallest absolute Gasteiger partial charge is 0.331 e. The summed E-state index contributed by atoms with van der Waals surface area (Å²) in [7, 11) is 0. The molecule has 7 nitrogen and oxygen atoms in total. The molecule has 0 aliphatic carbocycles. The van der Waals surface area contributed by atoms with Gasteiger partial charge in [0.2, 0.25) is 5.91 Å². The van der Waals surface area contributed by atoms with Gasteiger partial charge in [0.1, 0.15) is 5.82 Å². The van der Waals surface area contributed by atoms with Crippen molar-refractivity contribution in [2.45, 2.75) is 43.4 Å². The first-order chi connectivity index (χ1) is 15.8. The number of carbonyl (C=O) groups excluding carboxylic acids is 1. The molecule has 0 spiro atoms. The minimum Gasteiger partial charge on any atom is -0.479 e. The minimum atomic E-state index is -1.05. The number of hydrogen-bond donors (Lipinski definition) is 3. The highest BCUT2D eigenvalue weighted by molar-refractivity contribution is 8.00. The molecule has 0 aliphatic heterocycles. The Morgan fingerprint density at radius 1 is 1.18 bits per heavy atom. The molecule has 1 heterocycles. The van der Waals surface area contributed by atoms with Crippen LogP contribution in [0.25, 0.3) is 10.8 Å². The third-order valence-electron chi connectivity index (χ3n) is 5.15. The van der Waals surface area contributed by atoms with E-state index in [9.17, 15) is 14.7 Å². The average molecular weight is 467 g/mol. The van der Waals surface area contributed by atoms with Crippen LogP contribution in [0.4, 0.5) is 11.5 Å². The van der Waals surface area contributed by atoms with Crippen molar-refractivity contribution in [3.05, 3.63) is 60.3 Å². The number of fused-ring (bicyclic) bond motifs is 1. The number of amides is 1. The predicted octanol–water partition coefficient (Wildman–Crippen LogP) is 4.79. The van der Waals surface area contributed by atoms with Gasteiger partial charge in [0, 0.05) is 34.0 Å². The van der Waals surface area contributed by atoms with Crippen molar-refractivity contribution < 1.29 is 14.7 Å². The van der Waals surface area contributed by atoms with Crippen molar-refractivity contribution >= 4 is 45.9 Å². The van der Waals surface area contributed by atoms with Crippen LogP contribution >= 0.6 is 11.8 Å². The number of nitrogens with zero attached hydrogens (tertiary/aromatic N) is 2. The zero-order valence-corrected chi connectivity index (χ0v) is 19.9. The summed E-state index contributed by atoms with van der Waals surface area (Å²) in [4.78, 5) is 32.0. The van der Waals surface area contributed by atoms with Gasteiger partial charge < -0.3 is 21.1 Å². The molecule has 3 rings (SSSR count). The van der Waals surface area contributed by atoms with Crippen LogP contribution in [-0.2, 0) is 9.59 Å². The predicted molar refractivity (Wildman–Crippen MR) is 134 cm³/mol. The molecule has 8 heteroatoms. The molecule has 0 aliphatic rings. The second-order valence-electron chi connectivity index (χ2n) is 8.02. The van der Waals surface area contributed by atoms with Crippen LogP contribution in [0.1, 0.15) is 38.8 Å². The van der Waals surface area contributed by atoms with Gasteiger partial charge in [-0.05, 0) is 47.7 Å². The van der Waals surface area contributed by atoms with Gasteiger partial charge in [-0.15, -0.1) is 11.8 Å². The largest absolute Gasteiger partial charge is 0.479 e. The van der Waals surface area contributed by atoms with E-state index in [1.54, 1.807) is 24.0 Å². The Balaban J connectivity index is 1.84. The van der Waals surface area contributed by atoms with E-state index in [1.165, 1.54) is 4.90 Å². The molecule has 0 unspecified atom stereocenters. The monoisotopic (exact) mass is 466 g/mol. The third kappa shape index (κ3) is 5.96. The first-order valence-electron chi connectivity index (χ1n) is 11.0. The third-order valence-corrected chi connectivity index (χ3v) is 6.24. The molecule has 174 valence electrons. The fraction of sp³-hybridized carbons (Fsp3) is 0.320. The van der Waals surface area contributed by atoms with Gasteiger partial charge in [0.15, 0.2) is 6.04 Å². The highest BCUT2D eigenvalue weighted by Gasteiger charge is 2.32. The quantitative estimate of drug-likeness (QED) is 0.369. The van der Waals surface area contributed by atoms with Crippen molar-refractivity contribution in [3.63, 3.8) is 0 Å². The maximum Gasteiger partial charge on any atom is 0.331 e. The molecule has 1 aromatic heterocycles. The molecule has 3 aromatic rings. The number of thioether (sulfide) groups is 1. The number of nitrogen functional groups attached to an aromatic ring is 1. The van der Waals surface area contributed by atoms with E-state index in [-0.39, 0.29) is 17.7 Å². The maximum atomic E-state index is 13.2. The fourth-order valence-corrected chi connectivity index (χ4v) is 4.71. The number of nitrogens with one attached hydrogen (secondary N) is 1. The lowest BCUT2D eigenvalue weighted by Gasteiger charge is -2.30. The van der Waals surface area contributed by atoms with Gasteiger partial charge in [0.25, 0.3) is 0 Å². The van der Waals surface area contributed by atoms with Crippen LogP contribution < -0.4 is 11.1 Å². The van der Waals surface area contributed by atoms with Crippen LogP contribution in [0.5, 0.6) is 0 Å². The second kappa shape index (κ2) is 11.0. The number of rotatable bonds is 10. The molecule has 33 heavy (non-hydrogen) atoms. The summed E-state index contributed by atoms with van der Waals surface area (Å²) in [6, 6.07) is 13.8. The SMILES string of the molecule is CCCN(C(=O)CNc1ccc2c(N)nccc2c1)[C@H](C(=O)O)c1ccccc1SC(C)C. The first-order valence-corrected chi connectivity index (χ1v) is 11.9. The van der Waals surface area contributed by atoms with E-state index in [1.807, 2.05) is 49.4 Å². The fourth-order valence-electron chi connectivity index (χ4n) is 3.73. The van der Waals surface area contributed by atoms with Crippen LogP contribution in [0, 0.1) is 0 Å². The van der Waals surface area contributed by atoms with E-state index in [0.717, 1.165) is 21.4 Å². The molecule has 0 bridgehead atoms. The molecule has 0 radical (unpaired) electrons. The van der Waals surface area contributed by atoms with Crippen molar-refractivity contribution in [2.75, 3.05) is 24.1 Å². The summed E-state index contributed by atoms with van der Waals surface area (Å²) in [6.45, 7) is 6.38. The minimum absolute atomic E-state index is 0.0185. The summed E-state index contributed by atoms with van der Waals surface area (Å²) in [5, 5.41) is 15.3. The number of pyridine rings is 1. The average Bonchev–Trinajstić information content (AvgIpc) is 2.77. The van der Waals surface area contributed by atoms with E-state index < -0.39 is 12.0 Å². The Labute approximate surface area is 198 Å². The summed E-state index contributed by atoms with van der Waals surface area (Å²) in [5.74, 6) is -0.864. The normalized spacial score (nSPS) is 12.0. The van der Waals surface area contributed by atoms with Gasteiger partial charge in [0.05, 0.1) is 6.54 Å². The Morgan fingerprint density at radius 2 is 1.94 bits per heavy atom. The highest BCUT2D eigenvalue weighted by Crippen LogP contribution is 2.33. The van der Waals surface area contributed by atoms with Crippen LogP contribution in [-0.4, -0.2) is 45.2 Å². The number of carboxylic acid groups (broad SMARTS) is 1. The van der Waals surface area contributed by atoms with E-state index in [2.05, 4.69) is 24.1 Å². The molecule has 4 N–H and O–H groups in total. The van der Waals surface area contributed by atoms with Gasteiger partial charge >= 0.3 is 5.97 Å². The number of hydrogen-bond acceptors (Lipinski definition) is 6. The molecule has 0 saturated carbocycles.